The van der Waals surface area contributed by atoms with Crippen LogP contribution < -0.4 is 14.4 Å². The van der Waals surface area contributed by atoms with Gasteiger partial charge in [-0.05, 0) is 63.9 Å². The van der Waals surface area contributed by atoms with E-state index in [0.717, 1.165) is 6.26 Å². The maximum atomic E-state index is 13.4. The van der Waals surface area contributed by atoms with E-state index in [0.29, 0.717) is 27.0 Å². The first-order valence-electron chi connectivity index (χ1n) is 11.8. The molecule has 0 saturated heterocycles. The number of methoxy groups -OCH3 is 1. The van der Waals surface area contributed by atoms with E-state index in [2.05, 4.69) is 5.32 Å². The van der Waals surface area contributed by atoms with E-state index in [-0.39, 0.29) is 37.7 Å². The summed E-state index contributed by atoms with van der Waals surface area (Å²) in [5.74, 6) is -0.0892. The number of anilines is 1. The Morgan fingerprint density at radius 3 is 2.35 bits per heavy atom. The van der Waals surface area contributed by atoms with Crippen molar-refractivity contribution in [3.63, 3.8) is 0 Å². The van der Waals surface area contributed by atoms with Gasteiger partial charge in [-0.2, -0.15) is 0 Å². The molecule has 1 N–H and O–H groups in total. The van der Waals surface area contributed by atoms with E-state index < -0.39 is 21.6 Å². The average Bonchev–Trinajstić information content (AvgIpc) is 2.79. The summed E-state index contributed by atoms with van der Waals surface area (Å²) in [6.45, 7) is 7.41. The highest BCUT2D eigenvalue weighted by atomic mass is 35.5. The maximum Gasteiger partial charge on any atom is 0.242 e. The molecule has 1 atom stereocenters. The molecule has 2 aromatic rings. The molecule has 0 bridgehead atoms. The number of nitrogens with one attached hydrogen (secondary N) is 1. The largest absolute Gasteiger partial charge is 0.497 e. The fourth-order valence-electron chi connectivity index (χ4n) is 3.66. The van der Waals surface area contributed by atoms with Crippen molar-refractivity contribution in [1.29, 1.82) is 0 Å². The van der Waals surface area contributed by atoms with Gasteiger partial charge in [0.05, 0.1) is 19.1 Å². The van der Waals surface area contributed by atoms with Gasteiger partial charge in [-0.25, -0.2) is 8.42 Å². The van der Waals surface area contributed by atoms with Crippen LogP contribution in [0, 0.1) is 0 Å². The lowest BCUT2D eigenvalue weighted by molar-refractivity contribution is -0.141. The topological polar surface area (TPSA) is 96.0 Å². The molecule has 0 radical (unpaired) electrons. The number of halogens is 2. The number of rotatable bonds is 11. The summed E-state index contributed by atoms with van der Waals surface area (Å²) in [4.78, 5) is 27.8. The molecular weight excluding hydrogens is 537 g/mol. The molecule has 0 aliphatic heterocycles. The SMILES string of the molecule is COc1cccc(N(CCCC(=O)N(Cc2ccc(Cl)cc2Cl)[C@@H](C)C(=O)NC(C)(C)C)S(C)(=O)=O)c1. The second kappa shape index (κ2) is 12.8. The van der Waals surface area contributed by atoms with Crippen molar-refractivity contribution in [2.45, 2.75) is 58.7 Å². The van der Waals surface area contributed by atoms with Crippen molar-refractivity contribution in [2.75, 3.05) is 24.2 Å². The highest BCUT2D eigenvalue weighted by Crippen LogP contribution is 2.25. The van der Waals surface area contributed by atoms with Crippen molar-refractivity contribution in [2.24, 2.45) is 0 Å². The van der Waals surface area contributed by atoms with Gasteiger partial charge in [0, 0.05) is 41.2 Å². The standard InChI is InChI=1S/C26H35Cl2N3O5S/c1-18(25(33)29-26(2,3)4)30(17-19-12-13-20(27)15-23(19)28)24(32)11-8-14-31(37(6,34)35)21-9-7-10-22(16-21)36-5/h7,9-10,12-13,15-16,18H,8,11,14,17H2,1-6H3,(H,29,33)/t18-/m0/s1. The molecule has 204 valence electrons. The number of ether oxygens (including phenoxy) is 1. The van der Waals surface area contributed by atoms with Gasteiger partial charge in [0.2, 0.25) is 21.8 Å². The summed E-state index contributed by atoms with van der Waals surface area (Å²) < 4.78 is 31.4. The van der Waals surface area contributed by atoms with Crippen LogP contribution >= 0.6 is 23.2 Å². The Morgan fingerprint density at radius 2 is 1.78 bits per heavy atom. The van der Waals surface area contributed by atoms with Gasteiger partial charge >= 0.3 is 0 Å². The van der Waals surface area contributed by atoms with E-state index >= 15 is 0 Å². The third-order valence-electron chi connectivity index (χ3n) is 5.51. The molecule has 0 unspecified atom stereocenters. The number of benzene rings is 2. The van der Waals surface area contributed by atoms with Crippen LogP contribution in [0.5, 0.6) is 5.75 Å². The molecule has 2 rings (SSSR count). The molecule has 0 heterocycles. The lowest BCUT2D eigenvalue weighted by Gasteiger charge is -2.32. The van der Waals surface area contributed by atoms with Crippen LogP contribution in [-0.2, 0) is 26.2 Å². The summed E-state index contributed by atoms with van der Waals surface area (Å²) >= 11 is 12.4. The van der Waals surface area contributed by atoms with E-state index in [1.807, 2.05) is 20.8 Å². The molecule has 0 fully saturated rings. The summed E-state index contributed by atoms with van der Waals surface area (Å²) in [5, 5.41) is 3.75. The fraction of sp³-hybridized carbons (Fsp3) is 0.462. The molecule has 8 nitrogen and oxygen atoms in total. The third-order valence-corrected chi connectivity index (χ3v) is 7.30. The third kappa shape index (κ3) is 9.39. The smallest absolute Gasteiger partial charge is 0.242 e. The first-order valence-corrected chi connectivity index (χ1v) is 14.4. The van der Waals surface area contributed by atoms with E-state index in [9.17, 15) is 18.0 Å². The van der Waals surface area contributed by atoms with Gasteiger partial charge in [-0.3, -0.25) is 13.9 Å². The zero-order valence-electron chi connectivity index (χ0n) is 22.0. The van der Waals surface area contributed by atoms with Crippen LogP contribution in [0.1, 0.15) is 46.1 Å². The van der Waals surface area contributed by atoms with Crippen LogP contribution in [0.4, 0.5) is 5.69 Å². The highest BCUT2D eigenvalue weighted by Gasteiger charge is 2.29. The number of carbonyl (C=O) groups excluding carboxylic acids is 2. The molecule has 0 saturated carbocycles. The highest BCUT2D eigenvalue weighted by molar-refractivity contribution is 7.92. The van der Waals surface area contributed by atoms with Crippen molar-refractivity contribution in [1.82, 2.24) is 10.2 Å². The molecular formula is C26H35Cl2N3O5S. The maximum absolute atomic E-state index is 13.4. The minimum Gasteiger partial charge on any atom is -0.497 e. The van der Waals surface area contributed by atoms with Gasteiger partial charge in [0.1, 0.15) is 11.8 Å². The van der Waals surface area contributed by atoms with Crippen molar-refractivity contribution in [3.8, 4) is 5.75 Å². The molecule has 11 heteroatoms. The minimum absolute atomic E-state index is 0.0222. The summed E-state index contributed by atoms with van der Waals surface area (Å²) in [7, 11) is -2.11. The average molecular weight is 573 g/mol. The lowest BCUT2D eigenvalue weighted by atomic mass is 10.1. The predicted molar refractivity (Wildman–Crippen MR) is 149 cm³/mol. The Bertz CT molecular complexity index is 1210. The van der Waals surface area contributed by atoms with Gasteiger partial charge in [0.25, 0.3) is 0 Å². The zero-order chi connectivity index (χ0) is 28.0. The molecule has 0 aliphatic carbocycles. The number of sulfonamides is 1. The molecule has 2 aromatic carbocycles. The molecule has 0 spiro atoms. The normalized spacial score (nSPS) is 12.5. The van der Waals surface area contributed by atoms with Crippen LogP contribution in [0.3, 0.4) is 0 Å². The summed E-state index contributed by atoms with van der Waals surface area (Å²) in [6.07, 6.45) is 1.37. The quantitative estimate of drug-likeness (QED) is 0.414. The number of hydrogen-bond donors (Lipinski definition) is 1. The Labute approximate surface area is 229 Å². The molecule has 37 heavy (non-hydrogen) atoms. The van der Waals surface area contributed by atoms with Crippen LogP contribution in [0.15, 0.2) is 42.5 Å². The second-order valence-electron chi connectivity index (χ2n) is 9.81. The van der Waals surface area contributed by atoms with E-state index in [1.165, 1.54) is 16.3 Å². The lowest BCUT2D eigenvalue weighted by Crippen LogP contribution is -2.52. The molecule has 0 aliphatic rings. The Kier molecular flexibility index (Phi) is 10.7. The summed E-state index contributed by atoms with van der Waals surface area (Å²) in [5.41, 5.74) is 0.603. The van der Waals surface area contributed by atoms with Crippen LogP contribution in [0.2, 0.25) is 10.0 Å². The Balaban J connectivity index is 2.24. The predicted octanol–water partition coefficient (Wildman–Crippen LogP) is 4.88. The van der Waals surface area contributed by atoms with Crippen molar-refractivity contribution >= 4 is 50.7 Å². The van der Waals surface area contributed by atoms with Gasteiger partial charge in [-0.15, -0.1) is 0 Å². The second-order valence-corrected chi connectivity index (χ2v) is 12.6. The molecule has 0 aromatic heterocycles. The van der Waals surface area contributed by atoms with Crippen molar-refractivity contribution in [3.05, 3.63) is 58.1 Å². The van der Waals surface area contributed by atoms with E-state index in [4.69, 9.17) is 27.9 Å². The summed E-state index contributed by atoms with van der Waals surface area (Å²) in [6, 6.07) is 10.9. The number of amides is 2. The monoisotopic (exact) mass is 571 g/mol. The van der Waals surface area contributed by atoms with Gasteiger partial charge in [0.15, 0.2) is 0 Å². The van der Waals surface area contributed by atoms with E-state index in [1.54, 1.807) is 49.4 Å². The molecule has 2 amide bonds. The number of carbonyl (C=O) groups is 2. The van der Waals surface area contributed by atoms with Crippen LogP contribution in [-0.4, -0.2) is 56.6 Å². The van der Waals surface area contributed by atoms with Gasteiger partial charge < -0.3 is 15.0 Å². The Morgan fingerprint density at radius 1 is 1.11 bits per heavy atom. The number of hydrogen-bond acceptors (Lipinski definition) is 5. The Hall–Kier alpha value is -2.49. The first kappa shape index (κ1) is 30.7. The number of nitrogens with zero attached hydrogens (tertiary/aromatic N) is 2. The minimum atomic E-state index is -3.61. The first-order chi connectivity index (χ1) is 17.1. The van der Waals surface area contributed by atoms with Crippen molar-refractivity contribution < 1.29 is 22.7 Å². The van der Waals surface area contributed by atoms with Gasteiger partial charge in [-0.1, -0.05) is 35.3 Å². The van der Waals surface area contributed by atoms with Crippen LogP contribution in [0.25, 0.3) is 0 Å². The zero-order valence-corrected chi connectivity index (χ0v) is 24.4. The fourth-order valence-corrected chi connectivity index (χ4v) is 5.09.